The minimum absolute atomic E-state index is 0.187. The summed E-state index contributed by atoms with van der Waals surface area (Å²) >= 11 is 7.01. The Morgan fingerprint density at radius 1 is 1.10 bits per heavy atom. The van der Waals surface area contributed by atoms with Gasteiger partial charge in [0, 0.05) is 0 Å². The zero-order chi connectivity index (χ0) is 22.0. The van der Waals surface area contributed by atoms with E-state index in [1.807, 2.05) is 42.5 Å². The summed E-state index contributed by atoms with van der Waals surface area (Å²) in [5.74, 6) is -1.25. The number of carboxylic acid groups (broad SMARTS) is 1. The first-order valence-electron chi connectivity index (χ1n) is 9.28. The highest BCUT2D eigenvalue weighted by Crippen LogP contribution is 2.35. The Kier molecular flexibility index (Phi) is 5.97. The number of hydrogen-bond donors (Lipinski definition) is 1. The number of rotatable bonds is 6. The monoisotopic (exact) mass is 453 g/mol. The van der Waals surface area contributed by atoms with Crippen molar-refractivity contribution >= 4 is 57.3 Å². The summed E-state index contributed by atoms with van der Waals surface area (Å²) < 4.78 is 5.09. The summed E-state index contributed by atoms with van der Waals surface area (Å²) in [5.41, 5.74) is 1.49. The van der Waals surface area contributed by atoms with Crippen LogP contribution in [0, 0.1) is 0 Å². The van der Waals surface area contributed by atoms with Crippen LogP contribution in [0.15, 0.2) is 65.6 Å². The summed E-state index contributed by atoms with van der Waals surface area (Å²) in [6.45, 7) is -0.321. The third-order valence-electron chi connectivity index (χ3n) is 4.69. The predicted octanol–water partition coefficient (Wildman–Crippen LogP) is 5.19. The molecule has 0 atom stereocenters. The number of amides is 2. The second kappa shape index (κ2) is 8.83. The predicted molar refractivity (Wildman–Crippen MR) is 120 cm³/mol. The Balaban J connectivity index is 1.55. The number of fused-ring (bicyclic) bond motifs is 1. The number of carbonyl (C=O) groups excluding carboxylic acids is 2. The van der Waals surface area contributed by atoms with E-state index in [0.29, 0.717) is 10.5 Å². The third kappa shape index (κ3) is 4.57. The summed E-state index contributed by atoms with van der Waals surface area (Å²) in [7, 11) is 0. The van der Waals surface area contributed by atoms with E-state index in [1.165, 1.54) is 11.0 Å². The van der Waals surface area contributed by atoms with Crippen molar-refractivity contribution in [2.45, 2.75) is 6.54 Å². The molecule has 1 N–H and O–H groups in total. The number of aliphatic carboxylic acids is 1. The van der Waals surface area contributed by atoms with Crippen molar-refractivity contribution in [1.82, 2.24) is 4.90 Å². The first-order chi connectivity index (χ1) is 14.9. The fourth-order valence-electron chi connectivity index (χ4n) is 3.25. The Morgan fingerprint density at radius 3 is 2.65 bits per heavy atom. The molecule has 0 bridgehead atoms. The maximum atomic E-state index is 12.9. The van der Waals surface area contributed by atoms with Gasteiger partial charge in [-0.15, -0.1) is 0 Å². The molecule has 0 radical (unpaired) electrons. The highest BCUT2D eigenvalue weighted by Gasteiger charge is 2.35. The third-order valence-corrected chi connectivity index (χ3v) is 5.89. The SMILES string of the molecule is O=C(O)COc1ccc(/C=C2\SC(=O)N(Cc3cccc4ccccc34)C2=O)cc1Cl. The van der Waals surface area contributed by atoms with Crippen LogP contribution in [0.3, 0.4) is 0 Å². The van der Waals surface area contributed by atoms with Crippen LogP contribution >= 0.6 is 23.4 Å². The van der Waals surface area contributed by atoms with E-state index in [-0.39, 0.29) is 28.5 Å². The van der Waals surface area contributed by atoms with E-state index in [4.69, 9.17) is 21.4 Å². The van der Waals surface area contributed by atoms with Crippen molar-refractivity contribution < 1.29 is 24.2 Å². The standard InChI is InChI=1S/C23H16ClNO5S/c24-18-10-14(8-9-19(18)30-13-21(26)27)11-20-22(28)25(23(29)31-20)12-16-6-3-5-15-4-1-2-7-17(15)16/h1-11H,12-13H2,(H,26,27)/b20-11-. The molecule has 8 heteroatoms. The molecule has 3 aromatic rings. The number of thioether (sulfide) groups is 1. The van der Waals surface area contributed by atoms with Crippen LogP contribution in [0.1, 0.15) is 11.1 Å². The lowest BCUT2D eigenvalue weighted by molar-refractivity contribution is -0.139. The molecule has 0 aromatic heterocycles. The van der Waals surface area contributed by atoms with E-state index in [1.54, 1.807) is 18.2 Å². The molecule has 2 amide bonds. The van der Waals surface area contributed by atoms with Gasteiger partial charge in [-0.3, -0.25) is 14.5 Å². The van der Waals surface area contributed by atoms with Crippen molar-refractivity contribution in [3.8, 4) is 5.75 Å². The maximum Gasteiger partial charge on any atom is 0.341 e. The molecule has 3 aromatic carbocycles. The van der Waals surface area contributed by atoms with Crippen molar-refractivity contribution in [2.75, 3.05) is 6.61 Å². The fourth-order valence-corrected chi connectivity index (χ4v) is 4.33. The molecular formula is C23H16ClNO5S. The first-order valence-corrected chi connectivity index (χ1v) is 10.5. The lowest BCUT2D eigenvalue weighted by Gasteiger charge is -2.14. The second-order valence-corrected chi connectivity index (χ2v) is 8.18. The summed E-state index contributed by atoms with van der Waals surface area (Å²) in [5, 5.41) is 10.6. The van der Waals surface area contributed by atoms with Crippen LogP contribution in [0.25, 0.3) is 16.8 Å². The van der Waals surface area contributed by atoms with Gasteiger partial charge in [0.25, 0.3) is 11.1 Å². The molecule has 1 aliphatic rings. The van der Waals surface area contributed by atoms with E-state index in [9.17, 15) is 14.4 Å². The Hall–Kier alpha value is -3.29. The van der Waals surface area contributed by atoms with Crippen LogP contribution < -0.4 is 4.74 Å². The van der Waals surface area contributed by atoms with E-state index < -0.39 is 12.6 Å². The van der Waals surface area contributed by atoms with Gasteiger partial charge < -0.3 is 9.84 Å². The number of imide groups is 1. The van der Waals surface area contributed by atoms with Crippen molar-refractivity contribution in [3.63, 3.8) is 0 Å². The summed E-state index contributed by atoms with van der Waals surface area (Å²) in [4.78, 5) is 37.6. The van der Waals surface area contributed by atoms with Gasteiger partial charge in [-0.25, -0.2) is 4.79 Å². The van der Waals surface area contributed by atoms with Gasteiger partial charge >= 0.3 is 5.97 Å². The molecule has 0 unspecified atom stereocenters. The number of nitrogens with zero attached hydrogens (tertiary/aromatic N) is 1. The lowest BCUT2D eigenvalue weighted by atomic mass is 10.0. The molecule has 1 saturated heterocycles. The number of ether oxygens (including phenoxy) is 1. The van der Waals surface area contributed by atoms with Gasteiger partial charge in [0.2, 0.25) is 0 Å². The van der Waals surface area contributed by atoms with Crippen molar-refractivity contribution in [1.29, 1.82) is 0 Å². The molecule has 1 fully saturated rings. The quantitative estimate of drug-likeness (QED) is 0.517. The van der Waals surface area contributed by atoms with Crippen LogP contribution in [0.2, 0.25) is 5.02 Å². The van der Waals surface area contributed by atoms with Crippen molar-refractivity contribution in [2.24, 2.45) is 0 Å². The average molecular weight is 454 g/mol. The van der Waals surface area contributed by atoms with Gasteiger partial charge in [-0.05, 0) is 51.9 Å². The summed E-state index contributed by atoms with van der Waals surface area (Å²) in [6, 6.07) is 18.3. The summed E-state index contributed by atoms with van der Waals surface area (Å²) in [6.07, 6.45) is 1.58. The molecule has 1 aliphatic heterocycles. The highest BCUT2D eigenvalue weighted by atomic mass is 35.5. The van der Waals surface area contributed by atoms with E-state index in [2.05, 4.69) is 0 Å². The Labute approximate surface area is 187 Å². The zero-order valence-corrected chi connectivity index (χ0v) is 17.7. The van der Waals surface area contributed by atoms with Gasteiger partial charge in [-0.1, -0.05) is 60.1 Å². The number of hydrogen-bond acceptors (Lipinski definition) is 5. The van der Waals surface area contributed by atoms with Gasteiger partial charge in [0.1, 0.15) is 5.75 Å². The molecular weight excluding hydrogens is 438 g/mol. The Morgan fingerprint density at radius 2 is 1.87 bits per heavy atom. The maximum absolute atomic E-state index is 12.9. The Bertz CT molecular complexity index is 1230. The molecule has 0 saturated carbocycles. The number of benzene rings is 3. The first kappa shape index (κ1) is 21.0. The lowest BCUT2D eigenvalue weighted by Crippen LogP contribution is -2.27. The molecule has 1 heterocycles. The largest absolute Gasteiger partial charge is 0.480 e. The van der Waals surface area contributed by atoms with Crippen LogP contribution in [0.4, 0.5) is 4.79 Å². The fraction of sp³-hybridized carbons (Fsp3) is 0.0870. The van der Waals surface area contributed by atoms with E-state index >= 15 is 0 Å². The van der Waals surface area contributed by atoms with Gasteiger partial charge in [0.05, 0.1) is 16.5 Å². The van der Waals surface area contributed by atoms with Crippen LogP contribution in [-0.4, -0.2) is 33.7 Å². The smallest absolute Gasteiger partial charge is 0.341 e. The normalized spacial score (nSPS) is 15.1. The van der Waals surface area contributed by atoms with Gasteiger partial charge in [-0.2, -0.15) is 0 Å². The van der Waals surface area contributed by atoms with Gasteiger partial charge in [0.15, 0.2) is 6.61 Å². The number of carbonyl (C=O) groups is 3. The van der Waals surface area contributed by atoms with Crippen molar-refractivity contribution in [3.05, 3.63) is 81.7 Å². The molecule has 156 valence electrons. The number of carboxylic acids is 1. The highest BCUT2D eigenvalue weighted by molar-refractivity contribution is 8.18. The molecule has 6 nitrogen and oxygen atoms in total. The second-order valence-electron chi connectivity index (χ2n) is 6.78. The molecule has 4 rings (SSSR count). The topological polar surface area (TPSA) is 83.9 Å². The molecule has 31 heavy (non-hydrogen) atoms. The van der Waals surface area contributed by atoms with E-state index in [0.717, 1.165) is 28.1 Å². The van der Waals surface area contributed by atoms with Crippen LogP contribution in [-0.2, 0) is 16.1 Å². The minimum Gasteiger partial charge on any atom is -0.480 e. The zero-order valence-electron chi connectivity index (χ0n) is 16.1. The minimum atomic E-state index is -1.11. The number of halogens is 1. The van der Waals surface area contributed by atoms with Crippen LogP contribution in [0.5, 0.6) is 5.75 Å². The average Bonchev–Trinajstić information content (AvgIpc) is 3.00. The molecule has 0 spiro atoms. The molecule has 0 aliphatic carbocycles.